The van der Waals surface area contributed by atoms with Crippen molar-refractivity contribution in [1.82, 2.24) is 9.97 Å². The number of rotatable bonds is 4. The first kappa shape index (κ1) is 28.4. The lowest BCUT2D eigenvalue weighted by Crippen LogP contribution is -2.36. The van der Waals surface area contributed by atoms with E-state index in [2.05, 4.69) is 169 Å². The van der Waals surface area contributed by atoms with Crippen LogP contribution in [0.15, 0.2) is 188 Å². The van der Waals surface area contributed by atoms with Gasteiger partial charge in [-0.2, -0.15) is 0 Å². The summed E-state index contributed by atoms with van der Waals surface area (Å²) in [5.74, 6) is 0.715. The average molecular weight is 638 g/mol. The van der Waals surface area contributed by atoms with E-state index in [0.717, 1.165) is 33.8 Å². The summed E-state index contributed by atoms with van der Waals surface area (Å²) in [5, 5.41) is 0. The first-order valence-electron chi connectivity index (χ1n) is 17.1. The number of nitrogens with zero attached hydrogens (tertiary/aromatic N) is 3. The third-order valence-corrected chi connectivity index (χ3v) is 10.3. The normalized spacial score (nSPS) is 13.3. The Kier molecular flexibility index (Phi) is 6.40. The van der Waals surface area contributed by atoms with Crippen molar-refractivity contribution in [1.29, 1.82) is 0 Å². The fourth-order valence-corrected chi connectivity index (χ4v) is 8.19. The zero-order valence-electron chi connectivity index (χ0n) is 27.2. The molecule has 50 heavy (non-hydrogen) atoms. The molecule has 2 aliphatic rings. The predicted molar refractivity (Wildman–Crippen MR) is 204 cm³/mol. The van der Waals surface area contributed by atoms with Gasteiger partial charge in [0.15, 0.2) is 5.82 Å². The summed E-state index contributed by atoms with van der Waals surface area (Å²) in [7, 11) is 0. The molecule has 0 saturated heterocycles. The van der Waals surface area contributed by atoms with Gasteiger partial charge in [-0.25, -0.2) is 9.97 Å². The summed E-state index contributed by atoms with van der Waals surface area (Å²) in [6, 6.07) is 67.3. The van der Waals surface area contributed by atoms with Crippen LogP contribution in [0.25, 0.3) is 45.0 Å². The maximum Gasteiger partial charge on any atom is 0.160 e. The minimum absolute atomic E-state index is 0.530. The number of hydrogen-bond acceptors (Lipinski definition) is 3. The second kappa shape index (κ2) is 11.3. The summed E-state index contributed by atoms with van der Waals surface area (Å²) in [6.45, 7) is 0. The van der Waals surface area contributed by atoms with E-state index < -0.39 is 5.41 Å². The minimum atomic E-state index is -0.530. The molecule has 0 amide bonds. The molecule has 1 aromatic heterocycles. The third-order valence-electron chi connectivity index (χ3n) is 10.3. The van der Waals surface area contributed by atoms with E-state index >= 15 is 0 Å². The van der Waals surface area contributed by atoms with Crippen LogP contribution in [0, 0.1) is 0 Å². The fourth-order valence-electron chi connectivity index (χ4n) is 8.19. The Morgan fingerprint density at radius 1 is 0.360 bits per heavy atom. The summed E-state index contributed by atoms with van der Waals surface area (Å²) >= 11 is 0. The summed E-state index contributed by atoms with van der Waals surface area (Å²) in [5.41, 5.74) is 15.5. The molecular weight excluding hydrogens is 607 g/mol. The third kappa shape index (κ3) is 4.17. The topological polar surface area (TPSA) is 29.0 Å². The second-order valence-electron chi connectivity index (χ2n) is 13.0. The van der Waals surface area contributed by atoms with E-state index in [4.69, 9.17) is 9.97 Å². The number of anilines is 3. The smallest absolute Gasteiger partial charge is 0.160 e. The van der Waals surface area contributed by atoms with Gasteiger partial charge in [0.2, 0.25) is 0 Å². The summed E-state index contributed by atoms with van der Waals surface area (Å²) in [4.78, 5) is 12.7. The van der Waals surface area contributed by atoms with E-state index in [9.17, 15) is 0 Å². The molecule has 0 N–H and O–H groups in total. The van der Waals surface area contributed by atoms with Crippen LogP contribution < -0.4 is 4.90 Å². The fraction of sp³-hybridized carbons (Fsp3) is 0.0213. The lowest BCUT2D eigenvalue weighted by molar-refractivity contribution is 0.753. The van der Waals surface area contributed by atoms with Crippen molar-refractivity contribution in [3.63, 3.8) is 0 Å². The Bertz CT molecular complexity index is 2440. The molecule has 0 atom stereocenters. The molecule has 234 valence electrons. The molecule has 0 radical (unpaired) electrons. The predicted octanol–water partition coefficient (Wildman–Crippen LogP) is 11.6. The molecule has 0 fully saturated rings. The molecule has 10 rings (SSSR count). The number of para-hydroxylation sites is 3. The average Bonchev–Trinajstić information content (AvgIpc) is 3.49. The largest absolute Gasteiger partial charge is 0.310 e. The molecule has 3 heteroatoms. The highest BCUT2D eigenvalue weighted by molar-refractivity contribution is 5.96. The second-order valence-corrected chi connectivity index (χ2v) is 13.0. The standard InChI is InChI=1S/C47H31N3/c1-4-16-32(17-5-1)42-31-43(49-46(48-42)33-18-6-2-7-19-33)34-28-29-37-36-22-10-11-23-38(36)47(41(37)30-34)39-24-12-14-26-44(39)50(35-20-8-3-9-21-35)45-27-15-13-25-40(45)47/h1-31H. The summed E-state index contributed by atoms with van der Waals surface area (Å²) in [6.07, 6.45) is 0. The van der Waals surface area contributed by atoms with Crippen molar-refractivity contribution in [2.24, 2.45) is 0 Å². The molecule has 0 unspecified atom stereocenters. The van der Waals surface area contributed by atoms with Gasteiger partial charge in [-0.3, -0.25) is 0 Å². The molecule has 1 aliphatic heterocycles. The van der Waals surface area contributed by atoms with Crippen LogP contribution in [0.1, 0.15) is 22.3 Å². The molecule has 2 heterocycles. The van der Waals surface area contributed by atoms with E-state index in [-0.39, 0.29) is 0 Å². The molecule has 1 spiro atoms. The van der Waals surface area contributed by atoms with Gasteiger partial charge in [-0.1, -0.05) is 152 Å². The Morgan fingerprint density at radius 3 is 1.52 bits per heavy atom. The first-order chi connectivity index (χ1) is 24.8. The zero-order valence-corrected chi connectivity index (χ0v) is 27.2. The van der Waals surface area contributed by atoms with E-state index in [1.165, 1.54) is 44.8 Å². The van der Waals surface area contributed by atoms with Gasteiger partial charge in [0.25, 0.3) is 0 Å². The van der Waals surface area contributed by atoms with E-state index in [0.29, 0.717) is 5.82 Å². The van der Waals surface area contributed by atoms with Crippen LogP contribution >= 0.6 is 0 Å². The van der Waals surface area contributed by atoms with Gasteiger partial charge < -0.3 is 4.90 Å². The molecule has 0 bridgehead atoms. The summed E-state index contributed by atoms with van der Waals surface area (Å²) < 4.78 is 0. The molecule has 1 aliphatic carbocycles. The highest BCUT2D eigenvalue weighted by atomic mass is 15.2. The van der Waals surface area contributed by atoms with Crippen molar-refractivity contribution in [2.45, 2.75) is 5.41 Å². The van der Waals surface area contributed by atoms with Crippen LogP contribution in [0.3, 0.4) is 0 Å². The minimum Gasteiger partial charge on any atom is -0.310 e. The number of benzene rings is 7. The lowest BCUT2D eigenvalue weighted by atomic mass is 9.64. The Labute approximate surface area is 291 Å². The van der Waals surface area contributed by atoms with Crippen LogP contribution in [-0.2, 0) is 5.41 Å². The van der Waals surface area contributed by atoms with Crippen molar-refractivity contribution in [3.05, 3.63) is 210 Å². The Balaban J connectivity index is 1.26. The molecule has 8 aromatic rings. The number of fused-ring (bicyclic) bond motifs is 9. The van der Waals surface area contributed by atoms with Crippen molar-refractivity contribution < 1.29 is 0 Å². The maximum atomic E-state index is 5.23. The van der Waals surface area contributed by atoms with Crippen molar-refractivity contribution in [2.75, 3.05) is 4.90 Å². The molecule has 3 nitrogen and oxygen atoms in total. The zero-order chi connectivity index (χ0) is 33.1. The van der Waals surface area contributed by atoms with Crippen LogP contribution in [-0.4, -0.2) is 9.97 Å². The van der Waals surface area contributed by atoms with Gasteiger partial charge in [-0.15, -0.1) is 0 Å². The monoisotopic (exact) mass is 637 g/mol. The van der Waals surface area contributed by atoms with Crippen LogP contribution in [0.5, 0.6) is 0 Å². The quantitative estimate of drug-likeness (QED) is 0.192. The highest BCUT2D eigenvalue weighted by Gasteiger charge is 2.51. The highest BCUT2D eigenvalue weighted by Crippen LogP contribution is 2.63. The first-order valence-corrected chi connectivity index (χ1v) is 17.1. The van der Waals surface area contributed by atoms with Gasteiger partial charge in [0.1, 0.15) is 0 Å². The maximum absolute atomic E-state index is 5.23. The van der Waals surface area contributed by atoms with Gasteiger partial charge >= 0.3 is 0 Å². The van der Waals surface area contributed by atoms with Crippen molar-refractivity contribution in [3.8, 4) is 45.0 Å². The lowest BCUT2D eigenvalue weighted by Gasteiger charge is -2.45. The number of aromatic nitrogens is 2. The van der Waals surface area contributed by atoms with Crippen LogP contribution in [0.4, 0.5) is 17.1 Å². The van der Waals surface area contributed by atoms with Gasteiger partial charge in [0.05, 0.1) is 28.2 Å². The van der Waals surface area contributed by atoms with Gasteiger partial charge in [-0.05, 0) is 69.8 Å². The number of hydrogen-bond donors (Lipinski definition) is 0. The molecule has 0 saturated carbocycles. The SMILES string of the molecule is c1ccc(-c2cc(-c3ccc4c(c3)C3(c5ccccc5-4)c4ccccc4N(c4ccccc4)c4ccccc43)nc(-c3ccccc3)n2)cc1. The van der Waals surface area contributed by atoms with E-state index in [1.807, 2.05) is 24.3 Å². The van der Waals surface area contributed by atoms with Crippen LogP contribution in [0.2, 0.25) is 0 Å². The van der Waals surface area contributed by atoms with Gasteiger partial charge in [0, 0.05) is 22.4 Å². The molecule has 7 aromatic carbocycles. The van der Waals surface area contributed by atoms with E-state index in [1.54, 1.807) is 0 Å². The molecular formula is C47H31N3. The Morgan fingerprint density at radius 2 is 0.860 bits per heavy atom. The van der Waals surface area contributed by atoms with Crippen molar-refractivity contribution >= 4 is 17.1 Å². The Hall–Kier alpha value is -6.58.